The highest BCUT2D eigenvalue weighted by molar-refractivity contribution is 6.07. The van der Waals surface area contributed by atoms with Gasteiger partial charge in [0.1, 0.15) is 5.75 Å². The molecule has 0 aliphatic carbocycles. The molecule has 0 bridgehead atoms. The number of rotatable bonds is 13. The van der Waals surface area contributed by atoms with E-state index in [2.05, 4.69) is 15.6 Å². The SMILES string of the molecule is COc1ccc(C(=O)Nc2ccc(CN3C(=O)[C@@](O)([C@@H](C)/C=C/CCn4cc(C(CO)c5ccccc5)nn4)c4ccccc43)cc2)cc1. The van der Waals surface area contributed by atoms with Crippen LogP contribution in [0.2, 0.25) is 0 Å². The Hall–Kier alpha value is -5.58. The highest BCUT2D eigenvalue weighted by Crippen LogP contribution is 2.45. The fourth-order valence-electron chi connectivity index (χ4n) is 6.16. The third-order valence-corrected chi connectivity index (χ3v) is 8.99. The largest absolute Gasteiger partial charge is 0.497 e. The number of aliphatic hydroxyl groups excluding tert-OH is 1. The molecule has 3 atom stereocenters. The number of nitrogens with one attached hydrogen (secondary N) is 1. The summed E-state index contributed by atoms with van der Waals surface area (Å²) in [7, 11) is 1.57. The number of ether oxygens (including phenoxy) is 1. The van der Waals surface area contributed by atoms with E-state index in [0.29, 0.717) is 46.9 Å². The molecule has 5 aromatic rings. The third kappa shape index (κ3) is 7.01. The molecule has 6 rings (SSSR count). The number of fused-ring (bicyclic) bond motifs is 1. The monoisotopic (exact) mass is 657 g/mol. The minimum Gasteiger partial charge on any atom is -0.497 e. The quantitative estimate of drug-likeness (QED) is 0.139. The van der Waals surface area contributed by atoms with E-state index in [-0.39, 0.29) is 30.9 Å². The van der Waals surface area contributed by atoms with Gasteiger partial charge in [0.25, 0.3) is 11.8 Å². The number of aryl methyl sites for hydroxylation is 1. The fourth-order valence-corrected chi connectivity index (χ4v) is 6.16. The van der Waals surface area contributed by atoms with E-state index in [4.69, 9.17) is 4.74 Å². The number of nitrogens with zero attached hydrogens (tertiary/aromatic N) is 4. The van der Waals surface area contributed by atoms with Gasteiger partial charge in [-0.05, 0) is 60.0 Å². The number of amides is 2. The first-order valence-corrected chi connectivity index (χ1v) is 16.2. The van der Waals surface area contributed by atoms with Crippen LogP contribution < -0.4 is 15.0 Å². The molecule has 250 valence electrons. The Balaban J connectivity index is 1.09. The molecule has 4 aromatic carbocycles. The summed E-state index contributed by atoms with van der Waals surface area (Å²) >= 11 is 0. The normalized spacial score (nSPS) is 16.8. The van der Waals surface area contributed by atoms with Crippen molar-refractivity contribution >= 4 is 23.2 Å². The summed E-state index contributed by atoms with van der Waals surface area (Å²) in [6, 6.07) is 31.2. The number of allylic oxidation sites excluding steroid dienone is 1. The second-order valence-corrected chi connectivity index (χ2v) is 12.1. The average Bonchev–Trinajstić information content (AvgIpc) is 3.69. The molecule has 3 N–H and O–H groups in total. The second kappa shape index (κ2) is 14.7. The van der Waals surface area contributed by atoms with Crippen molar-refractivity contribution < 1.29 is 24.5 Å². The van der Waals surface area contributed by atoms with Gasteiger partial charge >= 0.3 is 0 Å². The Morgan fingerprint density at radius 2 is 1.69 bits per heavy atom. The molecule has 10 heteroatoms. The summed E-state index contributed by atoms with van der Waals surface area (Å²) in [5.41, 5.74) is 3.15. The van der Waals surface area contributed by atoms with Crippen LogP contribution in [-0.4, -0.2) is 50.7 Å². The molecular weight excluding hydrogens is 618 g/mol. The van der Waals surface area contributed by atoms with Gasteiger partial charge in [0.2, 0.25) is 0 Å². The molecule has 0 saturated heterocycles. The Morgan fingerprint density at radius 1 is 0.980 bits per heavy atom. The lowest BCUT2D eigenvalue weighted by atomic mass is 9.83. The maximum Gasteiger partial charge on any atom is 0.264 e. The number of aliphatic hydroxyl groups is 2. The first-order chi connectivity index (χ1) is 23.8. The molecule has 0 fully saturated rings. The zero-order valence-electron chi connectivity index (χ0n) is 27.4. The van der Waals surface area contributed by atoms with Gasteiger partial charge in [-0.25, -0.2) is 0 Å². The van der Waals surface area contributed by atoms with Crippen LogP contribution in [0, 0.1) is 5.92 Å². The summed E-state index contributed by atoms with van der Waals surface area (Å²) in [5, 5.41) is 33.4. The van der Waals surface area contributed by atoms with Crippen molar-refractivity contribution in [3.05, 3.63) is 149 Å². The predicted molar refractivity (Wildman–Crippen MR) is 187 cm³/mol. The Bertz CT molecular complexity index is 1920. The van der Waals surface area contributed by atoms with Crippen molar-refractivity contribution in [3.63, 3.8) is 0 Å². The number of hydrogen-bond donors (Lipinski definition) is 3. The second-order valence-electron chi connectivity index (χ2n) is 12.1. The van der Waals surface area contributed by atoms with Crippen LogP contribution in [0.1, 0.15) is 52.0 Å². The van der Waals surface area contributed by atoms with Crippen LogP contribution >= 0.6 is 0 Å². The van der Waals surface area contributed by atoms with Crippen LogP contribution in [0.5, 0.6) is 5.75 Å². The zero-order chi connectivity index (χ0) is 34.4. The molecule has 49 heavy (non-hydrogen) atoms. The molecular formula is C39H39N5O5. The number of para-hydroxylation sites is 1. The minimum absolute atomic E-state index is 0.0693. The standard InChI is InChI=1S/C39H39N5O5/c1-27(10-8-9-23-43-25-35(41-42-43)33(26-45)29-11-4-3-5-12-29)39(48)34-13-6-7-14-36(34)44(38(39)47)24-28-15-19-31(20-16-28)40-37(46)30-17-21-32(49-2)22-18-30/h3-8,10-22,25,27,33,45,48H,9,23-24,26H2,1-2H3,(H,40,46)/b10-8+/t27-,33?,39+/m0/s1. The molecule has 1 aliphatic rings. The van der Waals surface area contributed by atoms with E-state index in [1.807, 2.05) is 85.9 Å². The summed E-state index contributed by atoms with van der Waals surface area (Å²) in [5.74, 6) is -0.717. The van der Waals surface area contributed by atoms with E-state index in [1.54, 1.807) is 59.2 Å². The molecule has 2 heterocycles. The maximum atomic E-state index is 13.9. The summed E-state index contributed by atoms with van der Waals surface area (Å²) in [6.07, 6.45) is 6.27. The average molecular weight is 658 g/mol. The maximum absolute atomic E-state index is 13.9. The van der Waals surface area contributed by atoms with Crippen LogP contribution in [0.4, 0.5) is 11.4 Å². The molecule has 10 nitrogen and oxygen atoms in total. The molecule has 1 aliphatic heterocycles. The summed E-state index contributed by atoms with van der Waals surface area (Å²) in [4.78, 5) is 28.3. The highest BCUT2D eigenvalue weighted by Gasteiger charge is 2.52. The smallest absolute Gasteiger partial charge is 0.264 e. The molecule has 0 spiro atoms. The van der Waals surface area contributed by atoms with Crippen molar-refractivity contribution in [2.24, 2.45) is 5.92 Å². The van der Waals surface area contributed by atoms with Crippen LogP contribution in [-0.2, 0) is 23.5 Å². The Kier molecular flexibility index (Phi) is 9.98. The van der Waals surface area contributed by atoms with Gasteiger partial charge in [-0.3, -0.25) is 14.3 Å². The van der Waals surface area contributed by atoms with Crippen molar-refractivity contribution in [1.29, 1.82) is 0 Å². The highest BCUT2D eigenvalue weighted by atomic mass is 16.5. The van der Waals surface area contributed by atoms with Crippen LogP contribution in [0.3, 0.4) is 0 Å². The number of benzene rings is 4. The molecule has 0 saturated carbocycles. The van der Waals surface area contributed by atoms with E-state index in [0.717, 1.165) is 11.1 Å². The van der Waals surface area contributed by atoms with Crippen molar-refractivity contribution in [3.8, 4) is 5.75 Å². The number of anilines is 2. The van der Waals surface area contributed by atoms with Crippen LogP contribution in [0.15, 0.2) is 121 Å². The van der Waals surface area contributed by atoms with E-state index >= 15 is 0 Å². The fraction of sp³-hybridized carbons (Fsp3) is 0.231. The Morgan fingerprint density at radius 3 is 2.41 bits per heavy atom. The number of methoxy groups -OCH3 is 1. The van der Waals surface area contributed by atoms with E-state index in [9.17, 15) is 19.8 Å². The summed E-state index contributed by atoms with van der Waals surface area (Å²) in [6.45, 7) is 2.58. The number of carbonyl (C=O) groups is 2. The van der Waals surface area contributed by atoms with Gasteiger partial charge in [0, 0.05) is 35.5 Å². The lowest BCUT2D eigenvalue weighted by Crippen LogP contribution is -2.44. The number of hydrogen-bond acceptors (Lipinski definition) is 7. The first kappa shape index (κ1) is 33.3. The molecule has 1 unspecified atom stereocenters. The predicted octanol–water partition coefficient (Wildman–Crippen LogP) is 5.68. The van der Waals surface area contributed by atoms with Gasteiger partial charge in [0.15, 0.2) is 5.60 Å². The molecule has 2 amide bonds. The van der Waals surface area contributed by atoms with Crippen molar-refractivity contribution in [2.45, 2.75) is 38.0 Å². The zero-order valence-corrected chi connectivity index (χ0v) is 27.4. The molecule has 1 aromatic heterocycles. The van der Waals surface area contributed by atoms with Gasteiger partial charge < -0.3 is 25.2 Å². The first-order valence-electron chi connectivity index (χ1n) is 16.2. The molecule has 0 radical (unpaired) electrons. The number of carbonyl (C=O) groups excluding carboxylic acids is 2. The van der Waals surface area contributed by atoms with Gasteiger partial charge in [-0.2, -0.15) is 0 Å². The van der Waals surface area contributed by atoms with Gasteiger partial charge in [-0.15, -0.1) is 5.10 Å². The topological polar surface area (TPSA) is 130 Å². The minimum atomic E-state index is -1.73. The van der Waals surface area contributed by atoms with Gasteiger partial charge in [0.05, 0.1) is 37.6 Å². The van der Waals surface area contributed by atoms with Crippen molar-refractivity contribution in [2.75, 3.05) is 23.9 Å². The van der Waals surface area contributed by atoms with E-state index < -0.39 is 11.5 Å². The third-order valence-electron chi connectivity index (χ3n) is 8.99. The number of aromatic nitrogens is 3. The lowest BCUT2D eigenvalue weighted by Gasteiger charge is -2.27. The Labute approximate surface area is 285 Å². The van der Waals surface area contributed by atoms with E-state index in [1.165, 1.54) is 0 Å². The van der Waals surface area contributed by atoms with Crippen LogP contribution in [0.25, 0.3) is 0 Å². The summed E-state index contributed by atoms with van der Waals surface area (Å²) < 4.78 is 6.89. The van der Waals surface area contributed by atoms with Gasteiger partial charge in [-0.1, -0.05) is 85.0 Å². The van der Waals surface area contributed by atoms with Crippen molar-refractivity contribution in [1.82, 2.24) is 15.0 Å². The lowest BCUT2D eigenvalue weighted by molar-refractivity contribution is -0.139.